The molecule has 2 fully saturated rings. The van der Waals surface area contributed by atoms with E-state index in [2.05, 4.69) is 31.1 Å². The maximum absolute atomic E-state index is 3.77. The van der Waals surface area contributed by atoms with Crippen molar-refractivity contribution in [3.8, 4) is 0 Å². The average Bonchev–Trinajstić information content (AvgIpc) is 3.06. The molecular weight excluding hydrogens is 208 g/mol. The molecule has 100 valence electrons. The van der Waals surface area contributed by atoms with Crippen molar-refractivity contribution in [2.24, 2.45) is 5.41 Å². The van der Waals surface area contributed by atoms with Gasteiger partial charge >= 0.3 is 0 Å². The van der Waals surface area contributed by atoms with Crippen LogP contribution in [0.5, 0.6) is 0 Å². The quantitative estimate of drug-likeness (QED) is 0.733. The van der Waals surface area contributed by atoms with E-state index in [0.717, 1.165) is 12.1 Å². The maximum Gasteiger partial charge on any atom is 0.00684 e. The first-order valence-electron chi connectivity index (χ1n) is 7.59. The third-order valence-electron chi connectivity index (χ3n) is 4.94. The lowest BCUT2D eigenvalue weighted by Gasteiger charge is -2.36. The van der Waals surface area contributed by atoms with Crippen LogP contribution in [0.4, 0.5) is 0 Å². The van der Waals surface area contributed by atoms with Gasteiger partial charge in [-0.3, -0.25) is 0 Å². The molecule has 0 aromatic rings. The summed E-state index contributed by atoms with van der Waals surface area (Å²) in [6.45, 7) is 7.21. The second-order valence-corrected chi connectivity index (χ2v) is 6.53. The van der Waals surface area contributed by atoms with Crippen LogP contribution in [0.1, 0.15) is 58.8 Å². The minimum atomic E-state index is 0.584. The molecule has 1 atom stereocenters. The summed E-state index contributed by atoms with van der Waals surface area (Å²) in [5.41, 5.74) is 0.584. The lowest BCUT2D eigenvalue weighted by atomic mass is 9.85. The molecular formula is C15H30N2. The molecule has 0 aromatic carbocycles. The van der Waals surface area contributed by atoms with Crippen LogP contribution in [-0.4, -0.2) is 37.1 Å². The van der Waals surface area contributed by atoms with Gasteiger partial charge in [-0.2, -0.15) is 0 Å². The highest BCUT2D eigenvalue weighted by Gasteiger charge is 2.36. The molecule has 1 N–H and O–H groups in total. The van der Waals surface area contributed by atoms with Crippen molar-refractivity contribution in [2.75, 3.05) is 20.1 Å². The number of nitrogens with zero attached hydrogens (tertiary/aromatic N) is 1. The zero-order valence-electron chi connectivity index (χ0n) is 12.0. The van der Waals surface area contributed by atoms with Gasteiger partial charge in [0.2, 0.25) is 0 Å². The lowest BCUT2D eigenvalue weighted by Crippen LogP contribution is -2.44. The topological polar surface area (TPSA) is 15.3 Å². The minimum Gasteiger partial charge on any atom is -0.313 e. The highest BCUT2D eigenvalue weighted by molar-refractivity contribution is 4.92. The van der Waals surface area contributed by atoms with Crippen molar-refractivity contribution in [2.45, 2.75) is 70.9 Å². The molecule has 2 rings (SSSR count). The van der Waals surface area contributed by atoms with Crippen LogP contribution >= 0.6 is 0 Å². The van der Waals surface area contributed by atoms with Crippen molar-refractivity contribution >= 4 is 0 Å². The summed E-state index contributed by atoms with van der Waals surface area (Å²) in [5.74, 6) is 0. The van der Waals surface area contributed by atoms with Crippen LogP contribution in [0.15, 0.2) is 0 Å². The molecule has 0 aliphatic heterocycles. The van der Waals surface area contributed by atoms with E-state index < -0.39 is 0 Å². The van der Waals surface area contributed by atoms with Crippen LogP contribution in [0, 0.1) is 5.41 Å². The predicted octanol–water partition coefficient (Wildman–Crippen LogP) is 3.03. The van der Waals surface area contributed by atoms with E-state index in [9.17, 15) is 0 Å². The molecule has 0 amide bonds. The van der Waals surface area contributed by atoms with Gasteiger partial charge in [-0.25, -0.2) is 0 Å². The molecule has 2 nitrogen and oxygen atoms in total. The van der Waals surface area contributed by atoms with Gasteiger partial charge in [-0.15, -0.1) is 0 Å². The molecule has 2 aliphatic carbocycles. The Morgan fingerprint density at radius 3 is 2.47 bits per heavy atom. The summed E-state index contributed by atoms with van der Waals surface area (Å²) in [6.07, 6.45) is 9.86. The van der Waals surface area contributed by atoms with Gasteiger partial charge in [-0.1, -0.05) is 19.8 Å². The second kappa shape index (κ2) is 5.71. The Balaban J connectivity index is 1.85. The molecule has 0 spiro atoms. The van der Waals surface area contributed by atoms with E-state index in [4.69, 9.17) is 0 Å². The van der Waals surface area contributed by atoms with E-state index in [1.54, 1.807) is 0 Å². The smallest absolute Gasteiger partial charge is 0.00684 e. The first-order valence-corrected chi connectivity index (χ1v) is 7.59. The van der Waals surface area contributed by atoms with Crippen molar-refractivity contribution in [1.82, 2.24) is 10.2 Å². The Morgan fingerprint density at radius 2 is 1.94 bits per heavy atom. The summed E-state index contributed by atoms with van der Waals surface area (Å²) >= 11 is 0. The third kappa shape index (κ3) is 3.69. The maximum atomic E-state index is 3.77. The van der Waals surface area contributed by atoms with E-state index >= 15 is 0 Å². The zero-order chi connectivity index (χ0) is 12.3. The van der Waals surface area contributed by atoms with Crippen LogP contribution in [0.3, 0.4) is 0 Å². The second-order valence-electron chi connectivity index (χ2n) is 6.53. The van der Waals surface area contributed by atoms with E-state index in [-0.39, 0.29) is 0 Å². The largest absolute Gasteiger partial charge is 0.313 e. The molecule has 2 aliphatic rings. The first kappa shape index (κ1) is 13.4. The van der Waals surface area contributed by atoms with Crippen molar-refractivity contribution in [3.05, 3.63) is 0 Å². The molecule has 0 heterocycles. The van der Waals surface area contributed by atoms with Crippen molar-refractivity contribution in [1.29, 1.82) is 0 Å². The van der Waals surface area contributed by atoms with Gasteiger partial charge in [0, 0.05) is 25.2 Å². The fourth-order valence-corrected chi connectivity index (χ4v) is 3.16. The van der Waals surface area contributed by atoms with Gasteiger partial charge in [0.05, 0.1) is 0 Å². The van der Waals surface area contributed by atoms with Crippen LogP contribution < -0.4 is 5.32 Å². The van der Waals surface area contributed by atoms with Gasteiger partial charge in [0.1, 0.15) is 0 Å². The Labute approximate surface area is 107 Å². The van der Waals surface area contributed by atoms with Crippen LogP contribution in [0.2, 0.25) is 0 Å². The summed E-state index contributed by atoms with van der Waals surface area (Å²) in [7, 11) is 2.31. The van der Waals surface area contributed by atoms with E-state index in [0.29, 0.717) is 5.41 Å². The molecule has 2 saturated carbocycles. The van der Waals surface area contributed by atoms with Crippen LogP contribution in [0.25, 0.3) is 0 Å². The first-order chi connectivity index (χ1) is 8.15. The van der Waals surface area contributed by atoms with Gasteiger partial charge in [0.25, 0.3) is 0 Å². The normalized spacial score (nSPS) is 25.4. The molecule has 1 unspecified atom stereocenters. The number of hydrogen-bond acceptors (Lipinski definition) is 2. The average molecular weight is 238 g/mol. The zero-order valence-corrected chi connectivity index (χ0v) is 12.0. The summed E-state index contributed by atoms with van der Waals surface area (Å²) in [6, 6.07) is 1.59. The van der Waals surface area contributed by atoms with Gasteiger partial charge in [-0.05, 0) is 51.5 Å². The minimum absolute atomic E-state index is 0.584. The molecule has 0 aromatic heterocycles. The Hall–Kier alpha value is -0.0800. The highest BCUT2D eigenvalue weighted by atomic mass is 15.1. The van der Waals surface area contributed by atoms with E-state index in [1.807, 2.05) is 0 Å². The van der Waals surface area contributed by atoms with Gasteiger partial charge < -0.3 is 10.2 Å². The highest BCUT2D eigenvalue weighted by Crippen LogP contribution is 2.39. The van der Waals surface area contributed by atoms with E-state index in [1.165, 1.54) is 58.0 Å². The third-order valence-corrected chi connectivity index (χ3v) is 4.94. The molecule has 17 heavy (non-hydrogen) atoms. The summed E-state index contributed by atoms with van der Waals surface area (Å²) < 4.78 is 0. The Morgan fingerprint density at radius 1 is 1.29 bits per heavy atom. The molecule has 0 saturated heterocycles. The van der Waals surface area contributed by atoms with Crippen molar-refractivity contribution < 1.29 is 0 Å². The summed E-state index contributed by atoms with van der Waals surface area (Å²) in [5, 5.41) is 3.77. The monoisotopic (exact) mass is 238 g/mol. The molecule has 0 bridgehead atoms. The number of nitrogens with one attached hydrogen (secondary N) is 1. The Bertz CT molecular complexity index is 229. The summed E-state index contributed by atoms with van der Waals surface area (Å²) in [4.78, 5) is 2.58. The van der Waals surface area contributed by atoms with Crippen LogP contribution in [-0.2, 0) is 0 Å². The predicted molar refractivity (Wildman–Crippen MR) is 74.3 cm³/mol. The molecule has 0 radical (unpaired) electrons. The fraction of sp³-hybridized carbons (Fsp3) is 1.00. The SMILES string of the molecule is CCC(C)N(C)CC1(CNC2CC2)CCCC1. The van der Waals surface area contributed by atoms with Gasteiger partial charge in [0.15, 0.2) is 0 Å². The standard InChI is InChI=1S/C15H30N2/c1-4-13(2)17(3)12-15(9-5-6-10-15)11-16-14-7-8-14/h13-14,16H,4-12H2,1-3H3. The number of hydrogen-bond donors (Lipinski definition) is 1. The number of rotatable bonds is 7. The fourth-order valence-electron chi connectivity index (χ4n) is 3.16. The molecule has 2 heteroatoms. The Kier molecular flexibility index (Phi) is 4.48. The van der Waals surface area contributed by atoms with Crippen molar-refractivity contribution in [3.63, 3.8) is 0 Å². The lowest BCUT2D eigenvalue weighted by molar-refractivity contribution is 0.138.